The molecule has 4 nitrogen and oxygen atoms in total. The molecule has 2 rings (SSSR count). The topological polar surface area (TPSA) is 57.8 Å². The van der Waals surface area contributed by atoms with Gasteiger partial charge in [0.15, 0.2) is 0 Å². The normalized spacial score (nSPS) is 10.8. The summed E-state index contributed by atoms with van der Waals surface area (Å²) in [6.07, 6.45) is 0. The van der Waals surface area contributed by atoms with Crippen molar-refractivity contribution in [3.8, 4) is 11.3 Å². The highest BCUT2D eigenvalue weighted by molar-refractivity contribution is 6.42. The van der Waals surface area contributed by atoms with Crippen molar-refractivity contribution in [2.24, 2.45) is 0 Å². The summed E-state index contributed by atoms with van der Waals surface area (Å²) in [5.74, 6) is -0.186. The smallest absolute Gasteiger partial charge is 0.269 e. The van der Waals surface area contributed by atoms with Gasteiger partial charge in [0.1, 0.15) is 5.69 Å². The number of hydrogen-bond acceptors (Lipinski definition) is 2. The molecule has 0 spiro atoms. The van der Waals surface area contributed by atoms with E-state index >= 15 is 0 Å². The van der Waals surface area contributed by atoms with E-state index in [2.05, 4.69) is 15.5 Å². The molecule has 0 unspecified atom stereocenters. The summed E-state index contributed by atoms with van der Waals surface area (Å²) in [4.78, 5) is 11.8. The number of halogens is 2. The van der Waals surface area contributed by atoms with E-state index in [1.165, 1.54) is 0 Å². The molecule has 0 aliphatic rings. The van der Waals surface area contributed by atoms with Crippen molar-refractivity contribution in [1.29, 1.82) is 0 Å². The van der Waals surface area contributed by atoms with Crippen molar-refractivity contribution in [1.82, 2.24) is 15.5 Å². The van der Waals surface area contributed by atoms with Crippen molar-refractivity contribution in [3.05, 3.63) is 40.0 Å². The molecule has 1 heterocycles. The second kappa shape index (κ2) is 5.63. The van der Waals surface area contributed by atoms with E-state index in [1.807, 2.05) is 13.8 Å². The highest BCUT2D eigenvalue weighted by Gasteiger charge is 2.12. The summed E-state index contributed by atoms with van der Waals surface area (Å²) in [6, 6.07) is 6.96. The summed E-state index contributed by atoms with van der Waals surface area (Å²) < 4.78 is 0. The number of H-pyrrole nitrogens is 1. The molecular formula is C13H13Cl2N3O. The molecule has 1 aromatic carbocycles. The quantitative estimate of drug-likeness (QED) is 0.911. The van der Waals surface area contributed by atoms with E-state index in [1.54, 1.807) is 24.3 Å². The van der Waals surface area contributed by atoms with Crippen LogP contribution in [-0.4, -0.2) is 22.1 Å². The minimum atomic E-state index is -0.186. The van der Waals surface area contributed by atoms with Crippen LogP contribution in [0.25, 0.3) is 11.3 Å². The number of carbonyl (C=O) groups excluding carboxylic acids is 1. The van der Waals surface area contributed by atoms with E-state index < -0.39 is 0 Å². The zero-order valence-corrected chi connectivity index (χ0v) is 12.0. The van der Waals surface area contributed by atoms with Crippen LogP contribution < -0.4 is 5.32 Å². The molecule has 2 aromatic rings. The fourth-order valence-corrected chi connectivity index (χ4v) is 1.88. The van der Waals surface area contributed by atoms with E-state index in [4.69, 9.17) is 23.2 Å². The Balaban J connectivity index is 2.25. The van der Waals surface area contributed by atoms with Crippen LogP contribution in [0.4, 0.5) is 0 Å². The Morgan fingerprint density at radius 3 is 2.63 bits per heavy atom. The first-order chi connectivity index (χ1) is 8.97. The van der Waals surface area contributed by atoms with Crippen LogP contribution in [0.5, 0.6) is 0 Å². The standard InChI is InChI=1S/C13H13Cl2N3O/c1-7(2)16-13(19)12-6-11(17-18-12)8-3-4-9(14)10(15)5-8/h3-7H,1-2H3,(H,16,19)(H,17,18). The summed E-state index contributed by atoms with van der Waals surface area (Å²) >= 11 is 11.8. The first kappa shape index (κ1) is 13.9. The van der Waals surface area contributed by atoms with Crippen molar-refractivity contribution in [2.45, 2.75) is 19.9 Å². The van der Waals surface area contributed by atoms with Gasteiger partial charge in [-0.1, -0.05) is 29.3 Å². The molecular weight excluding hydrogens is 285 g/mol. The molecule has 0 radical (unpaired) electrons. The van der Waals surface area contributed by atoms with E-state index in [9.17, 15) is 4.79 Å². The van der Waals surface area contributed by atoms with Gasteiger partial charge in [-0.15, -0.1) is 0 Å². The third kappa shape index (κ3) is 3.28. The molecule has 0 bridgehead atoms. The number of amides is 1. The average molecular weight is 298 g/mol. The Morgan fingerprint density at radius 2 is 2.00 bits per heavy atom. The van der Waals surface area contributed by atoms with Crippen LogP contribution in [0, 0.1) is 0 Å². The van der Waals surface area contributed by atoms with Crippen molar-refractivity contribution in [2.75, 3.05) is 0 Å². The first-order valence-electron chi connectivity index (χ1n) is 5.79. The Kier molecular flexibility index (Phi) is 4.12. The zero-order chi connectivity index (χ0) is 14.0. The fraction of sp³-hybridized carbons (Fsp3) is 0.231. The lowest BCUT2D eigenvalue weighted by Gasteiger charge is -2.05. The van der Waals surface area contributed by atoms with Crippen LogP contribution in [0.2, 0.25) is 10.0 Å². The Labute approximate surface area is 121 Å². The molecule has 1 amide bonds. The van der Waals surface area contributed by atoms with Gasteiger partial charge in [0.2, 0.25) is 0 Å². The van der Waals surface area contributed by atoms with E-state index in [0.29, 0.717) is 21.4 Å². The van der Waals surface area contributed by atoms with Gasteiger partial charge in [-0.2, -0.15) is 5.10 Å². The molecule has 6 heteroatoms. The van der Waals surface area contributed by atoms with Gasteiger partial charge in [-0.3, -0.25) is 9.89 Å². The Hall–Kier alpha value is -1.52. The van der Waals surface area contributed by atoms with Gasteiger partial charge in [-0.05, 0) is 32.0 Å². The second-order valence-electron chi connectivity index (χ2n) is 4.42. The summed E-state index contributed by atoms with van der Waals surface area (Å²) in [5, 5.41) is 10.5. The van der Waals surface area contributed by atoms with Crippen LogP contribution in [-0.2, 0) is 0 Å². The lowest BCUT2D eigenvalue weighted by atomic mass is 10.1. The van der Waals surface area contributed by atoms with E-state index in [-0.39, 0.29) is 11.9 Å². The van der Waals surface area contributed by atoms with Gasteiger partial charge in [0.05, 0.1) is 15.7 Å². The lowest BCUT2D eigenvalue weighted by molar-refractivity contribution is 0.0938. The first-order valence-corrected chi connectivity index (χ1v) is 6.54. The largest absolute Gasteiger partial charge is 0.349 e. The van der Waals surface area contributed by atoms with Crippen molar-refractivity contribution < 1.29 is 4.79 Å². The Morgan fingerprint density at radius 1 is 1.26 bits per heavy atom. The second-order valence-corrected chi connectivity index (χ2v) is 5.24. The van der Waals surface area contributed by atoms with Crippen LogP contribution in [0.15, 0.2) is 24.3 Å². The molecule has 2 N–H and O–H groups in total. The molecule has 0 fully saturated rings. The summed E-state index contributed by atoms with van der Waals surface area (Å²) in [6.45, 7) is 3.79. The van der Waals surface area contributed by atoms with Crippen molar-refractivity contribution >= 4 is 29.1 Å². The van der Waals surface area contributed by atoms with E-state index in [0.717, 1.165) is 5.56 Å². The number of benzene rings is 1. The molecule has 0 aliphatic carbocycles. The highest BCUT2D eigenvalue weighted by atomic mass is 35.5. The van der Waals surface area contributed by atoms with Gasteiger partial charge in [-0.25, -0.2) is 0 Å². The van der Waals surface area contributed by atoms with Gasteiger partial charge >= 0.3 is 0 Å². The number of aromatic amines is 1. The average Bonchev–Trinajstić information content (AvgIpc) is 2.81. The maximum atomic E-state index is 11.8. The number of nitrogens with one attached hydrogen (secondary N) is 2. The van der Waals surface area contributed by atoms with Gasteiger partial charge < -0.3 is 5.32 Å². The molecule has 0 saturated carbocycles. The van der Waals surface area contributed by atoms with Gasteiger partial charge in [0.25, 0.3) is 5.91 Å². The monoisotopic (exact) mass is 297 g/mol. The van der Waals surface area contributed by atoms with Crippen LogP contribution in [0.1, 0.15) is 24.3 Å². The predicted molar refractivity (Wildman–Crippen MR) is 76.6 cm³/mol. The highest BCUT2D eigenvalue weighted by Crippen LogP contribution is 2.27. The zero-order valence-electron chi connectivity index (χ0n) is 10.5. The van der Waals surface area contributed by atoms with Gasteiger partial charge in [0, 0.05) is 11.6 Å². The number of aromatic nitrogens is 2. The number of hydrogen-bond donors (Lipinski definition) is 2. The number of rotatable bonds is 3. The molecule has 0 atom stereocenters. The maximum Gasteiger partial charge on any atom is 0.269 e. The predicted octanol–water partition coefficient (Wildman–Crippen LogP) is 3.52. The lowest BCUT2D eigenvalue weighted by Crippen LogP contribution is -2.30. The molecule has 19 heavy (non-hydrogen) atoms. The summed E-state index contributed by atoms with van der Waals surface area (Å²) in [7, 11) is 0. The fourth-order valence-electron chi connectivity index (χ4n) is 1.58. The SMILES string of the molecule is CC(C)NC(=O)c1cc(-c2ccc(Cl)c(Cl)c2)n[nH]1. The molecule has 0 saturated heterocycles. The number of carbonyl (C=O) groups is 1. The third-order valence-corrected chi connectivity index (χ3v) is 3.20. The molecule has 1 aromatic heterocycles. The molecule has 0 aliphatic heterocycles. The number of nitrogens with zero attached hydrogens (tertiary/aromatic N) is 1. The third-order valence-electron chi connectivity index (χ3n) is 2.46. The van der Waals surface area contributed by atoms with Crippen molar-refractivity contribution in [3.63, 3.8) is 0 Å². The molecule has 100 valence electrons. The van der Waals surface area contributed by atoms with Crippen LogP contribution >= 0.6 is 23.2 Å². The minimum Gasteiger partial charge on any atom is -0.349 e. The minimum absolute atomic E-state index is 0.0734. The Bertz CT molecular complexity index is 608. The van der Waals surface area contributed by atoms with Crippen LogP contribution in [0.3, 0.4) is 0 Å². The summed E-state index contributed by atoms with van der Waals surface area (Å²) in [5.41, 5.74) is 1.86. The maximum absolute atomic E-state index is 11.8.